The molecule has 0 rings (SSSR count). The second kappa shape index (κ2) is 6.68. The summed E-state index contributed by atoms with van der Waals surface area (Å²) in [5, 5.41) is 0. The third-order valence-corrected chi connectivity index (χ3v) is 2.11. The Morgan fingerprint density at radius 1 is 0.824 bits per heavy atom. The lowest BCUT2D eigenvalue weighted by Gasteiger charge is -2.41. The summed E-state index contributed by atoms with van der Waals surface area (Å²) in [6.45, 7) is 17.9. The number of hydrogen-bond acceptors (Lipinski definition) is 4. The van der Waals surface area contributed by atoms with Crippen LogP contribution in [-0.2, 0) is 18.9 Å². The Labute approximate surface area is 103 Å². The van der Waals surface area contributed by atoms with Crippen molar-refractivity contribution in [3.8, 4) is 0 Å². The monoisotopic (exact) mass is 240 g/mol. The van der Waals surface area contributed by atoms with Gasteiger partial charge in [-0.15, -0.1) is 0 Å². The molecular formula is C13H20O4. The minimum absolute atomic E-state index is 0.270. The fourth-order valence-corrected chi connectivity index (χ4v) is 1.25. The molecule has 0 aromatic heterocycles. The first-order valence-electron chi connectivity index (χ1n) is 5.08. The Bertz CT molecular complexity index is 255. The van der Waals surface area contributed by atoms with Crippen molar-refractivity contribution in [1.29, 1.82) is 0 Å². The second-order valence-corrected chi connectivity index (χ2v) is 3.77. The first-order chi connectivity index (χ1) is 7.99. The molecule has 0 unspecified atom stereocenters. The largest absolute Gasteiger partial charge is 0.501 e. The van der Waals surface area contributed by atoms with Gasteiger partial charge in [0.2, 0.25) is 0 Å². The maximum atomic E-state index is 5.33. The molecule has 0 spiro atoms. The fourth-order valence-electron chi connectivity index (χ4n) is 1.25. The van der Waals surface area contributed by atoms with Crippen LogP contribution in [0.3, 0.4) is 0 Å². The molecule has 0 fully saturated rings. The molecule has 0 aliphatic carbocycles. The van der Waals surface area contributed by atoms with Gasteiger partial charge in [-0.25, -0.2) is 0 Å². The summed E-state index contributed by atoms with van der Waals surface area (Å²) in [4.78, 5) is 0. The van der Waals surface area contributed by atoms with Crippen molar-refractivity contribution < 1.29 is 18.9 Å². The molecule has 0 aliphatic rings. The Morgan fingerprint density at radius 3 is 1.53 bits per heavy atom. The molecule has 0 radical (unpaired) electrons. The van der Waals surface area contributed by atoms with Gasteiger partial charge >= 0.3 is 5.97 Å². The van der Waals surface area contributed by atoms with E-state index in [1.54, 1.807) is 0 Å². The quantitative estimate of drug-likeness (QED) is 0.433. The van der Waals surface area contributed by atoms with E-state index in [9.17, 15) is 0 Å². The van der Waals surface area contributed by atoms with Crippen molar-refractivity contribution in [1.82, 2.24) is 0 Å². The zero-order valence-electron chi connectivity index (χ0n) is 10.5. The molecule has 4 nitrogen and oxygen atoms in total. The molecule has 0 bridgehead atoms. The van der Waals surface area contributed by atoms with Crippen LogP contribution < -0.4 is 0 Å². The van der Waals surface area contributed by atoms with E-state index in [4.69, 9.17) is 18.9 Å². The summed E-state index contributed by atoms with van der Waals surface area (Å²) < 4.78 is 21.2. The van der Waals surface area contributed by atoms with E-state index in [0.717, 1.165) is 0 Å². The molecule has 0 aromatic carbocycles. The number of ether oxygens (including phenoxy) is 4. The van der Waals surface area contributed by atoms with Crippen LogP contribution in [-0.4, -0.2) is 12.6 Å². The lowest BCUT2D eigenvalue weighted by Crippen LogP contribution is -2.51. The Kier molecular flexibility index (Phi) is 5.96. The lowest BCUT2D eigenvalue weighted by atomic mass is 9.91. The summed E-state index contributed by atoms with van der Waals surface area (Å²) in [5.74, 6) is -1.43. The van der Waals surface area contributed by atoms with E-state index in [0.29, 0.717) is 0 Å². The van der Waals surface area contributed by atoms with Crippen LogP contribution in [0.1, 0.15) is 13.8 Å². The first-order valence-corrected chi connectivity index (χ1v) is 5.08. The van der Waals surface area contributed by atoms with Crippen molar-refractivity contribution in [2.75, 3.05) is 6.61 Å². The Hall–Kier alpha value is -1.84. The van der Waals surface area contributed by atoms with E-state index >= 15 is 0 Å². The summed E-state index contributed by atoms with van der Waals surface area (Å²) in [7, 11) is 0. The third kappa shape index (κ3) is 3.59. The van der Waals surface area contributed by atoms with Crippen LogP contribution in [0.15, 0.2) is 51.4 Å². The molecule has 0 amide bonds. The Morgan fingerprint density at radius 2 is 1.24 bits per heavy atom. The Balaban J connectivity index is 5.18. The highest BCUT2D eigenvalue weighted by molar-refractivity contribution is 4.86. The fraction of sp³-hybridized carbons (Fsp3) is 0.385. The van der Waals surface area contributed by atoms with Crippen molar-refractivity contribution in [2.45, 2.75) is 19.8 Å². The van der Waals surface area contributed by atoms with Gasteiger partial charge in [-0.05, 0) is 13.8 Å². The molecule has 96 valence electrons. The van der Waals surface area contributed by atoms with E-state index in [1.807, 2.05) is 13.8 Å². The van der Waals surface area contributed by atoms with Gasteiger partial charge in [0.1, 0.15) is 12.0 Å². The predicted octanol–water partition coefficient (Wildman–Crippen LogP) is 3.31. The molecule has 0 heterocycles. The molecule has 0 N–H and O–H groups in total. The zero-order chi connectivity index (χ0) is 13.4. The van der Waals surface area contributed by atoms with E-state index in [2.05, 4.69) is 26.3 Å². The molecule has 0 saturated carbocycles. The molecule has 4 heteroatoms. The maximum Gasteiger partial charge on any atom is 0.424 e. The van der Waals surface area contributed by atoms with Crippen LogP contribution in [0.25, 0.3) is 0 Å². The van der Waals surface area contributed by atoms with Gasteiger partial charge in [-0.3, -0.25) is 0 Å². The lowest BCUT2D eigenvalue weighted by molar-refractivity contribution is -0.374. The van der Waals surface area contributed by atoms with Crippen molar-refractivity contribution in [2.24, 2.45) is 5.41 Å². The average molecular weight is 240 g/mol. The van der Waals surface area contributed by atoms with Gasteiger partial charge in [0, 0.05) is 0 Å². The molecule has 0 saturated heterocycles. The normalized spacial score (nSPS) is 10.9. The highest BCUT2D eigenvalue weighted by atomic mass is 16.9. The molecule has 0 atom stereocenters. The van der Waals surface area contributed by atoms with Crippen molar-refractivity contribution >= 4 is 0 Å². The predicted molar refractivity (Wildman–Crippen MR) is 66.5 cm³/mol. The van der Waals surface area contributed by atoms with Gasteiger partial charge in [-0.1, -0.05) is 26.3 Å². The summed E-state index contributed by atoms with van der Waals surface area (Å²) in [6.07, 6.45) is 5.01. The zero-order valence-corrected chi connectivity index (χ0v) is 10.5. The highest BCUT2D eigenvalue weighted by Crippen LogP contribution is 2.37. The summed E-state index contributed by atoms with van der Waals surface area (Å²) >= 11 is 0. The molecule has 0 aromatic rings. The van der Waals surface area contributed by atoms with Crippen molar-refractivity contribution in [3.63, 3.8) is 0 Å². The minimum atomic E-state index is -1.43. The average Bonchev–Trinajstić information content (AvgIpc) is 2.27. The second-order valence-electron chi connectivity index (χ2n) is 3.77. The van der Waals surface area contributed by atoms with E-state index < -0.39 is 11.4 Å². The van der Waals surface area contributed by atoms with E-state index in [-0.39, 0.29) is 6.61 Å². The van der Waals surface area contributed by atoms with Gasteiger partial charge < -0.3 is 18.9 Å². The van der Waals surface area contributed by atoms with Crippen LogP contribution in [0.5, 0.6) is 0 Å². The highest BCUT2D eigenvalue weighted by Gasteiger charge is 2.52. The number of rotatable bonds is 10. The summed E-state index contributed by atoms with van der Waals surface area (Å²) in [5.41, 5.74) is -0.655. The molecule has 17 heavy (non-hydrogen) atoms. The SMILES string of the molecule is C=COCC(C)(C)C(OC=C)(OC=C)OC=C. The topological polar surface area (TPSA) is 36.9 Å². The maximum absolute atomic E-state index is 5.33. The van der Waals surface area contributed by atoms with Crippen LogP contribution >= 0.6 is 0 Å². The number of hydrogen-bond donors (Lipinski definition) is 0. The van der Waals surface area contributed by atoms with Gasteiger partial charge in [0.25, 0.3) is 0 Å². The van der Waals surface area contributed by atoms with Crippen LogP contribution in [0.2, 0.25) is 0 Å². The minimum Gasteiger partial charge on any atom is -0.501 e. The van der Waals surface area contributed by atoms with Gasteiger partial charge in [0.15, 0.2) is 0 Å². The van der Waals surface area contributed by atoms with Crippen molar-refractivity contribution in [3.05, 3.63) is 51.4 Å². The van der Waals surface area contributed by atoms with Gasteiger partial charge in [0.05, 0.1) is 25.0 Å². The molecule has 0 aliphatic heterocycles. The first kappa shape index (κ1) is 15.2. The summed E-state index contributed by atoms with van der Waals surface area (Å²) in [6, 6.07) is 0. The molecular weight excluding hydrogens is 220 g/mol. The smallest absolute Gasteiger partial charge is 0.424 e. The van der Waals surface area contributed by atoms with Crippen LogP contribution in [0, 0.1) is 5.41 Å². The standard InChI is InChI=1S/C13H20O4/c1-7-14-11-12(5,6)13(15-8-2,16-9-3)17-10-4/h7-10H,1-4,11H2,5-6H3. The van der Waals surface area contributed by atoms with E-state index in [1.165, 1.54) is 25.0 Å². The van der Waals surface area contributed by atoms with Gasteiger partial charge in [-0.2, -0.15) is 0 Å². The van der Waals surface area contributed by atoms with Crippen LogP contribution in [0.4, 0.5) is 0 Å². The third-order valence-electron chi connectivity index (χ3n) is 2.11.